The summed E-state index contributed by atoms with van der Waals surface area (Å²) >= 11 is 0. The molecular formula is C25H28N4O6S. The predicted octanol–water partition coefficient (Wildman–Crippen LogP) is 3.59. The highest BCUT2D eigenvalue weighted by Gasteiger charge is 2.33. The van der Waals surface area contributed by atoms with E-state index in [0.29, 0.717) is 28.7 Å². The Bertz CT molecular complexity index is 1440. The summed E-state index contributed by atoms with van der Waals surface area (Å²) in [6.07, 6.45) is 0.264. The standard InChI is InChI=1S/C25H28N4O6S/c1-15-9-11-18(26-13-15)24(30)17(3)36(31,32)14-22-27-28-25(21-12-10-16(2)35-21)29(22)23-19(33-4)7-6-8-20(23)34-5/h6-13,17,24,30H,14H2,1-5H3/t17-,24+/m0/s1. The molecular weight excluding hydrogens is 484 g/mol. The molecule has 10 nitrogen and oxygen atoms in total. The second-order valence-corrected chi connectivity index (χ2v) is 10.8. The van der Waals surface area contributed by atoms with Crippen molar-refractivity contribution in [3.63, 3.8) is 0 Å². The number of rotatable bonds is 9. The van der Waals surface area contributed by atoms with Crippen LogP contribution in [0.1, 0.15) is 35.9 Å². The van der Waals surface area contributed by atoms with Crippen LogP contribution in [0.3, 0.4) is 0 Å². The average Bonchev–Trinajstić information content (AvgIpc) is 3.48. The molecule has 0 amide bonds. The number of furan rings is 1. The maximum atomic E-state index is 13.5. The minimum Gasteiger partial charge on any atom is -0.494 e. The molecule has 0 aliphatic heterocycles. The number of methoxy groups -OCH3 is 2. The highest BCUT2D eigenvalue weighted by Crippen LogP contribution is 2.37. The Kier molecular flexibility index (Phi) is 7.14. The number of para-hydroxylation sites is 1. The lowest BCUT2D eigenvalue weighted by molar-refractivity contribution is 0.171. The summed E-state index contributed by atoms with van der Waals surface area (Å²) in [6.45, 7) is 5.10. The zero-order chi connectivity index (χ0) is 26.0. The number of sulfone groups is 1. The first kappa shape index (κ1) is 25.4. The molecule has 11 heteroatoms. The molecule has 0 aliphatic rings. The third-order valence-electron chi connectivity index (χ3n) is 5.89. The van der Waals surface area contributed by atoms with Crippen LogP contribution in [0.2, 0.25) is 0 Å². The summed E-state index contributed by atoms with van der Waals surface area (Å²) in [6, 6.07) is 12.1. The maximum Gasteiger partial charge on any atom is 0.204 e. The zero-order valence-corrected chi connectivity index (χ0v) is 21.5. The first-order valence-corrected chi connectivity index (χ1v) is 12.9. The molecule has 0 saturated carbocycles. The first-order valence-electron chi connectivity index (χ1n) is 11.2. The van der Waals surface area contributed by atoms with Crippen LogP contribution in [0.25, 0.3) is 17.3 Å². The summed E-state index contributed by atoms with van der Waals surface area (Å²) in [4.78, 5) is 4.18. The molecule has 0 aliphatic carbocycles. The summed E-state index contributed by atoms with van der Waals surface area (Å²) < 4.78 is 45.4. The van der Waals surface area contributed by atoms with Gasteiger partial charge < -0.3 is 19.0 Å². The number of pyridine rings is 1. The van der Waals surface area contributed by atoms with Crippen molar-refractivity contribution in [1.29, 1.82) is 0 Å². The summed E-state index contributed by atoms with van der Waals surface area (Å²) in [5.41, 5.74) is 1.60. The molecule has 3 aromatic heterocycles. The van der Waals surface area contributed by atoms with Gasteiger partial charge in [0.05, 0.1) is 25.2 Å². The van der Waals surface area contributed by atoms with E-state index >= 15 is 0 Å². The molecule has 2 atom stereocenters. The summed E-state index contributed by atoms with van der Waals surface area (Å²) in [5, 5.41) is 18.1. The number of aliphatic hydroxyl groups excluding tert-OH is 1. The number of ether oxygens (including phenoxy) is 2. The summed E-state index contributed by atoms with van der Waals surface area (Å²) in [7, 11) is -0.924. The van der Waals surface area contributed by atoms with Crippen LogP contribution in [0.15, 0.2) is 53.1 Å². The third-order valence-corrected chi connectivity index (χ3v) is 7.95. The van der Waals surface area contributed by atoms with Crippen molar-refractivity contribution in [3.05, 3.63) is 71.5 Å². The Morgan fingerprint density at radius 3 is 2.28 bits per heavy atom. The van der Waals surface area contributed by atoms with Crippen LogP contribution in [0, 0.1) is 13.8 Å². The topological polar surface area (TPSA) is 130 Å². The molecule has 0 unspecified atom stereocenters. The number of hydrogen-bond acceptors (Lipinski definition) is 9. The van der Waals surface area contributed by atoms with Gasteiger partial charge in [-0.05, 0) is 56.7 Å². The number of nitrogens with zero attached hydrogens (tertiary/aromatic N) is 4. The van der Waals surface area contributed by atoms with E-state index in [2.05, 4.69) is 15.2 Å². The van der Waals surface area contributed by atoms with Gasteiger partial charge in [0.2, 0.25) is 5.82 Å². The van der Waals surface area contributed by atoms with Gasteiger partial charge in [0.15, 0.2) is 21.4 Å². The van der Waals surface area contributed by atoms with Crippen LogP contribution >= 0.6 is 0 Å². The van der Waals surface area contributed by atoms with Crippen molar-refractivity contribution < 1.29 is 27.4 Å². The van der Waals surface area contributed by atoms with Gasteiger partial charge in [0, 0.05) is 6.20 Å². The van der Waals surface area contributed by atoms with Gasteiger partial charge in [0.1, 0.15) is 34.8 Å². The molecule has 4 aromatic rings. The van der Waals surface area contributed by atoms with Crippen LogP contribution < -0.4 is 9.47 Å². The van der Waals surface area contributed by atoms with Crippen molar-refractivity contribution in [3.8, 4) is 28.8 Å². The van der Waals surface area contributed by atoms with Crippen molar-refractivity contribution in [2.75, 3.05) is 14.2 Å². The Morgan fingerprint density at radius 1 is 1.03 bits per heavy atom. The fourth-order valence-electron chi connectivity index (χ4n) is 3.81. The number of benzene rings is 1. The fourth-order valence-corrected chi connectivity index (χ4v) is 5.16. The van der Waals surface area contributed by atoms with Crippen molar-refractivity contribution in [2.24, 2.45) is 0 Å². The van der Waals surface area contributed by atoms with Crippen LogP contribution in [-0.2, 0) is 15.6 Å². The number of aryl methyl sites for hydroxylation is 2. The van der Waals surface area contributed by atoms with E-state index in [-0.39, 0.29) is 17.3 Å². The monoisotopic (exact) mass is 512 g/mol. The van der Waals surface area contributed by atoms with Crippen LogP contribution in [0.5, 0.6) is 11.5 Å². The highest BCUT2D eigenvalue weighted by molar-refractivity contribution is 7.91. The molecule has 3 heterocycles. The molecule has 0 fully saturated rings. The van der Waals surface area contributed by atoms with E-state index in [1.807, 2.05) is 6.92 Å². The SMILES string of the molecule is COc1cccc(OC)c1-n1c(CS(=O)(=O)[C@@H](C)[C@@H](O)c2ccc(C)cn2)nnc1-c1ccc(C)o1. The minimum absolute atomic E-state index is 0.109. The molecule has 4 rings (SSSR count). The second kappa shape index (κ2) is 10.1. The van der Waals surface area contributed by atoms with Crippen LogP contribution in [-0.4, -0.2) is 52.7 Å². The Balaban J connectivity index is 1.81. The van der Waals surface area contributed by atoms with Crippen molar-refractivity contribution >= 4 is 9.84 Å². The Morgan fingerprint density at radius 2 is 1.72 bits per heavy atom. The lowest BCUT2D eigenvalue weighted by Gasteiger charge is -2.20. The molecule has 190 valence electrons. The molecule has 0 saturated heterocycles. The normalized spacial score (nSPS) is 13.4. The fraction of sp³-hybridized carbons (Fsp3) is 0.320. The van der Waals surface area contributed by atoms with Gasteiger partial charge in [-0.25, -0.2) is 8.42 Å². The summed E-state index contributed by atoms with van der Waals surface area (Å²) in [5.74, 6) is 1.78. The van der Waals surface area contributed by atoms with Crippen LogP contribution in [0.4, 0.5) is 0 Å². The van der Waals surface area contributed by atoms with Gasteiger partial charge in [-0.3, -0.25) is 9.55 Å². The van der Waals surface area contributed by atoms with E-state index < -0.39 is 26.9 Å². The van der Waals surface area contributed by atoms with Gasteiger partial charge >= 0.3 is 0 Å². The molecule has 0 bridgehead atoms. The largest absolute Gasteiger partial charge is 0.494 e. The molecule has 1 aromatic carbocycles. The number of hydrogen-bond donors (Lipinski definition) is 1. The predicted molar refractivity (Wildman–Crippen MR) is 133 cm³/mol. The van der Waals surface area contributed by atoms with Crippen molar-refractivity contribution in [1.82, 2.24) is 19.7 Å². The Labute approximate surface area is 209 Å². The van der Waals surface area contributed by atoms with Crippen molar-refractivity contribution in [2.45, 2.75) is 37.9 Å². The average molecular weight is 513 g/mol. The van der Waals surface area contributed by atoms with Gasteiger partial charge in [-0.2, -0.15) is 0 Å². The van der Waals surface area contributed by atoms with E-state index in [9.17, 15) is 13.5 Å². The quantitative estimate of drug-likeness (QED) is 0.357. The van der Waals surface area contributed by atoms with E-state index in [1.165, 1.54) is 21.1 Å². The minimum atomic E-state index is -3.93. The lowest BCUT2D eigenvalue weighted by Crippen LogP contribution is -2.28. The van der Waals surface area contributed by atoms with Gasteiger partial charge in [0.25, 0.3) is 0 Å². The first-order chi connectivity index (χ1) is 17.2. The molecule has 0 radical (unpaired) electrons. The van der Waals surface area contributed by atoms with E-state index in [1.54, 1.807) is 60.2 Å². The molecule has 1 N–H and O–H groups in total. The lowest BCUT2D eigenvalue weighted by atomic mass is 10.1. The molecule has 36 heavy (non-hydrogen) atoms. The second-order valence-electron chi connectivity index (χ2n) is 8.41. The van der Waals surface area contributed by atoms with E-state index in [4.69, 9.17) is 13.9 Å². The van der Waals surface area contributed by atoms with Gasteiger partial charge in [-0.15, -0.1) is 10.2 Å². The number of aromatic nitrogens is 4. The maximum absolute atomic E-state index is 13.5. The Hall–Kier alpha value is -3.70. The molecule has 0 spiro atoms. The highest BCUT2D eigenvalue weighted by atomic mass is 32.2. The number of aliphatic hydroxyl groups is 1. The van der Waals surface area contributed by atoms with Gasteiger partial charge in [-0.1, -0.05) is 12.1 Å². The van der Waals surface area contributed by atoms with E-state index in [0.717, 1.165) is 5.56 Å². The smallest absolute Gasteiger partial charge is 0.204 e. The third kappa shape index (κ3) is 4.84. The zero-order valence-electron chi connectivity index (χ0n) is 20.7.